The van der Waals surface area contributed by atoms with Gasteiger partial charge in [-0.05, 0) is 29.8 Å². The van der Waals surface area contributed by atoms with Crippen LogP contribution in [-0.4, -0.2) is 45.2 Å². The minimum absolute atomic E-state index is 0.00999. The third-order valence-electron chi connectivity index (χ3n) is 6.45. The molecule has 14 heteroatoms. The van der Waals surface area contributed by atoms with Crippen molar-refractivity contribution < 1.29 is 14.3 Å². The first-order valence-electron chi connectivity index (χ1n) is 13.5. The van der Waals surface area contributed by atoms with Crippen molar-refractivity contribution in [2.45, 2.75) is 23.2 Å². The molecule has 3 heterocycles. The summed E-state index contributed by atoms with van der Waals surface area (Å²) in [5, 5.41) is 23.9. The van der Waals surface area contributed by atoms with Crippen LogP contribution in [0.5, 0.6) is 5.75 Å². The molecule has 0 aliphatic heterocycles. The van der Waals surface area contributed by atoms with Gasteiger partial charge in [0.25, 0.3) is 0 Å². The number of pyridine rings is 1. The van der Waals surface area contributed by atoms with Crippen LogP contribution in [0.1, 0.15) is 22.5 Å². The number of rotatable bonds is 12. The molecule has 0 radical (unpaired) electrons. The highest BCUT2D eigenvalue weighted by atomic mass is 35.5. The summed E-state index contributed by atoms with van der Waals surface area (Å²) in [6.07, 6.45) is 3.39. The first kappa shape index (κ1) is 31.5. The number of anilines is 1. The minimum Gasteiger partial charge on any atom is -0.490 e. The van der Waals surface area contributed by atoms with E-state index >= 15 is 0 Å². The number of benzene rings is 2. The van der Waals surface area contributed by atoms with Crippen LogP contribution in [0, 0.1) is 22.7 Å². The predicted molar refractivity (Wildman–Crippen MR) is 172 cm³/mol. The number of imidazole rings is 1. The van der Waals surface area contributed by atoms with E-state index in [0.29, 0.717) is 32.7 Å². The molecule has 0 amide bonds. The summed E-state index contributed by atoms with van der Waals surface area (Å²) < 4.78 is 10.9. The molecule has 0 aliphatic carbocycles. The molecular weight excluding hydrogens is 632 g/mol. The highest BCUT2D eigenvalue weighted by Crippen LogP contribution is 2.37. The SMILES string of the molecule is N#Cc1c(N)nc(SCc2csc(-c3ccc(Cl)cc3)n2)c(C#N)c1-c1ccc(OCCOC(=O)[C@@H](N)Cc2cnc[nH]2)cc1. The summed E-state index contributed by atoms with van der Waals surface area (Å²) in [6, 6.07) is 17.8. The predicted octanol–water partition coefficient (Wildman–Crippen LogP) is 5.36. The second kappa shape index (κ2) is 14.7. The van der Waals surface area contributed by atoms with Crippen LogP contribution in [0.25, 0.3) is 21.7 Å². The van der Waals surface area contributed by atoms with Gasteiger partial charge >= 0.3 is 5.97 Å². The van der Waals surface area contributed by atoms with Gasteiger partial charge in [0.05, 0.1) is 17.6 Å². The number of thioether (sulfide) groups is 1. The Labute approximate surface area is 271 Å². The second-order valence-electron chi connectivity index (χ2n) is 9.52. The zero-order chi connectivity index (χ0) is 31.8. The molecule has 5 N–H and O–H groups in total. The molecule has 0 aliphatic rings. The van der Waals surface area contributed by atoms with E-state index in [2.05, 4.69) is 27.1 Å². The number of hydrogen-bond donors (Lipinski definition) is 3. The van der Waals surface area contributed by atoms with Gasteiger partial charge in [-0.2, -0.15) is 10.5 Å². The molecule has 0 bridgehead atoms. The zero-order valence-corrected chi connectivity index (χ0v) is 26.0. The van der Waals surface area contributed by atoms with E-state index in [4.69, 9.17) is 37.5 Å². The Balaban J connectivity index is 1.24. The van der Waals surface area contributed by atoms with Gasteiger partial charge in [-0.15, -0.1) is 11.3 Å². The number of H-pyrrole nitrogens is 1. The van der Waals surface area contributed by atoms with E-state index in [1.807, 2.05) is 29.6 Å². The maximum Gasteiger partial charge on any atom is 0.323 e. The van der Waals surface area contributed by atoms with Crippen molar-refractivity contribution in [1.82, 2.24) is 19.9 Å². The average molecular weight is 657 g/mol. The lowest BCUT2D eigenvalue weighted by molar-refractivity contribution is -0.145. The van der Waals surface area contributed by atoms with Crippen molar-refractivity contribution >= 4 is 46.5 Å². The Kier molecular flexibility index (Phi) is 10.3. The molecule has 0 saturated carbocycles. The molecule has 5 rings (SSSR count). The summed E-state index contributed by atoms with van der Waals surface area (Å²) >= 11 is 8.83. The van der Waals surface area contributed by atoms with E-state index < -0.39 is 12.0 Å². The van der Waals surface area contributed by atoms with Crippen LogP contribution in [-0.2, 0) is 21.7 Å². The van der Waals surface area contributed by atoms with Gasteiger partial charge in [0.1, 0.15) is 58.6 Å². The molecule has 3 aromatic heterocycles. The Morgan fingerprint density at radius 2 is 1.78 bits per heavy atom. The molecule has 2 aromatic carbocycles. The summed E-state index contributed by atoms with van der Waals surface area (Å²) in [4.78, 5) is 28.0. The lowest BCUT2D eigenvalue weighted by Gasteiger charge is -2.14. The number of aromatic amines is 1. The Bertz CT molecular complexity index is 1870. The van der Waals surface area contributed by atoms with Crippen molar-refractivity contribution in [3.05, 3.63) is 94.0 Å². The van der Waals surface area contributed by atoms with E-state index in [1.54, 1.807) is 30.5 Å². The molecule has 1 atom stereocenters. The molecule has 11 nitrogen and oxygen atoms in total. The number of halogens is 1. The van der Waals surface area contributed by atoms with E-state index in [0.717, 1.165) is 22.0 Å². The van der Waals surface area contributed by atoms with Gasteiger partial charge in [0.15, 0.2) is 0 Å². The highest BCUT2D eigenvalue weighted by molar-refractivity contribution is 7.98. The second-order valence-corrected chi connectivity index (χ2v) is 11.8. The molecule has 45 heavy (non-hydrogen) atoms. The maximum atomic E-state index is 12.1. The third-order valence-corrected chi connectivity index (χ3v) is 8.65. The summed E-state index contributed by atoms with van der Waals surface area (Å²) in [7, 11) is 0. The van der Waals surface area contributed by atoms with Crippen molar-refractivity contribution in [2.75, 3.05) is 18.9 Å². The van der Waals surface area contributed by atoms with Gasteiger partial charge in [-0.25, -0.2) is 15.0 Å². The minimum atomic E-state index is -0.822. The van der Waals surface area contributed by atoms with Crippen LogP contribution < -0.4 is 16.2 Å². The largest absolute Gasteiger partial charge is 0.490 e. The van der Waals surface area contributed by atoms with Crippen LogP contribution >= 0.6 is 34.7 Å². The van der Waals surface area contributed by atoms with Crippen molar-refractivity contribution in [3.8, 4) is 39.6 Å². The van der Waals surface area contributed by atoms with E-state index in [9.17, 15) is 15.3 Å². The normalized spacial score (nSPS) is 11.4. The fourth-order valence-corrected chi connectivity index (χ4v) is 6.22. The number of thiazole rings is 1. The highest BCUT2D eigenvalue weighted by Gasteiger charge is 2.21. The number of hydrogen-bond acceptors (Lipinski definition) is 12. The number of carbonyl (C=O) groups is 1. The monoisotopic (exact) mass is 656 g/mol. The van der Waals surface area contributed by atoms with Gasteiger partial charge in [-0.3, -0.25) is 4.79 Å². The van der Waals surface area contributed by atoms with Gasteiger partial charge in [0.2, 0.25) is 0 Å². The number of esters is 1. The summed E-state index contributed by atoms with van der Waals surface area (Å²) in [5.41, 5.74) is 15.9. The van der Waals surface area contributed by atoms with E-state index in [1.165, 1.54) is 29.4 Å². The Morgan fingerprint density at radius 3 is 2.47 bits per heavy atom. The number of nitrogens with one attached hydrogen (secondary N) is 1. The number of carbonyl (C=O) groups excluding carboxylic acids is 1. The number of nitrogens with zero attached hydrogens (tertiary/aromatic N) is 5. The number of nitriles is 2. The Morgan fingerprint density at radius 1 is 1.04 bits per heavy atom. The topological polar surface area (TPSA) is 190 Å². The quantitative estimate of drug-likeness (QED) is 0.0890. The van der Waals surface area contributed by atoms with Gasteiger partial charge < -0.3 is 25.9 Å². The molecule has 5 aromatic rings. The fraction of sp³-hybridized carbons (Fsp3) is 0.161. The standard InChI is InChI=1S/C31H25ClN8O3S2/c32-20-5-1-19(2-6-20)29-39-22(15-44-29)16-45-30-25(13-34)27(24(12-33)28(36)40-30)18-3-7-23(8-4-18)42-9-10-43-31(41)26(35)11-21-14-37-17-38-21/h1-8,14-15,17,26H,9-11,16,35H2,(H2,36,40)(H,37,38)/t26-/m0/s1. The van der Waals surface area contributed by atoms with Crippen LogP contribution in [0.2, 0.25) is 5.02 Å². The van der Waals surface area contributed by atoms with Gasteiger partial charge in [-0.1, -0.05) is 47.6 Å². The molecule has 0 spiro atoms. The number of nitrogens with two attached hydrogens (primary N) is 2. The Hall–Kier alpha value is -4.92. The maximum absolute atomic E-state index is 12.1. The average Bonchev–Trinajstić information content (AvgIpc) is 3.75. The third kappa shape index (κ3) is 7.78. The molecular formula is C31H25ClN8O3S2. The first-order valence-corrected chi connectivity index (χ1v) is 15.7. The summed E-state index contributed by atoms with van der Waals surface area (Å²) in [5.74, 6) is 0.437. The van der Waals surface area contributed by atoms with Crippen molar-refractivity contribution in [3.63, 3.8) is 0 Å². The van der Waals surface area contributed by atoms with Crippen LogP contribution in [0.3, 0.4) is 0 Å². The fourth-order valence-electron chi connectivity index (χ4n) is 4.28. The lowest BCUT2D eigenvalue weighted by atomic mass is 9.97. The smallest absolute Gasteiger partial charge is 0.323 e. The molecule has 0 fully saturated rings. The number of nitrogen functional groups attached to an aromatic ring is 1. The van der Waals surface area contributed by atoms with Crippen molar-refractivity contribution in [1.29, 1.82) is 10.5 Å². The first-order chi connectivity index (χ1) is 21.9. The van der Waals surface area contributed by atoms with Crippen LogP contribution in [0.4, 0.5) is 5.82 Å². The van der Waals surface area contributed by atoms with Crippen LogP contribution in [0.15, 0.2) is 71.5 Å². The number of ether oxygens (including phenoxy) is 2. The number of aromatic nitrogens is 4. The molecule has 226 valence electrons. The summed E-state index contributed by atoms with van der Waals surface area (Å²) in [6.45, 7) is 0.115. The van der Waals surface area contributed by atoms with E-state index in [-0.39, 0.29) is 36.6 Å². The van der Waals surface area contributed by atoms with Crippen molar-refractivity contribution in [2.24, 2.45) is 5.73 Å². The molecule has 0 saturated heterocycles. The lowest BCUT2D eigenvalue weighted by Crippen LogP contribution is -2.35. The zero-order valence-electron chi connectivity index (χ0n) is 23.6. The molecule has 0 unspecified atom stereocenters. The van der Waals surface area contributed by atoms with Gasteiger partial charge in [0, 0.05) is 45.6 Å².